The van der Waals surface area contributed by atoms with Crippen molar-refractivity contribution in [2.75, 3.05) is 44.3 Å². The number of primary amides is 1. The third kappa shape index (κ3) is 5.41. The van der Waals surface area contributed by atoms with Crippen LogP contribution in [-0.2, 0) is 22.3 Å². The molecule has 9 nitrogen and oxygen atoms in total. The van der Waals surface area contributed by atoms with Gasteiger partial charge in [-0.05, 0) is 36.7 Å². The summed E-state index contributed by atoms with van der Waals surface area (Å²) in [6.07, 6.45) is -0.881. The van der Waals surface area contributed by atoms with Crippen LogP contribution in [0.3, 0.4) is 0 Å². The number of halogens is 3. The number of carbonyl (C=O) groups excluding carboxylic acids is 1. The van der Waals surface area contributed by atoms with Crippen molar-refractivity contribution in [2.45, 2.75) is 31.3 Å². The maximum absolute atomic E-state index is 13.1. The number of aliphatic hydroxyl groups excluding tert-OH is 1. The number of piperidine rings is 1. The minimum Gasteiger partial charge on any atom is -0.391 e. The van der Waals surface area contributed by atoms with Gasteiger partial charge in [0.2, 0.25) is 5.91 Å². The molecule has 2 aliphatic heterocycles. The Morgan fingerprint density at radius 3 is 2.65 bits per heavy atom. The van der Waals surface area contributed by atoms with E-state index in [0.29, 0.717) is 57.2 Å². The standard InChI is InChI=1S/C25H29F3N6O3/c26-25(27,28)18-3-1-16(2-4-18)20-14-37-10-9-34(20)24-19-6-8-33(23(19)30-15-31-24)11-17-5-7-32(12-21(17)35)13-22(29)36/h1-4,6,8,15,17,20-21,35H,5,7,9-14H2,(H2,29,36). The molecule has 37 heavy (non-hydrogen) atoms. The predicted octanol–water partition coefficient (Wildman–Crippen LogP) is 2.20. The number of anilines is 1. The lowest BCUT2D eigenvalue weighted by Gasteiger charge is -2.37. The normalized spacial score (nSPS) is 23.5. The minimum atomic E-state index is -4.39. The second kappa shape index (κ2) is 10.3. The molecule has 0 radical (unpaired) electrons. The Morgan fingerprint density at radius 1 is 1.16 bits per heavy atom. The fraction of sp³-hybridized carbons (Fsp3) is 0.480. The van der Waals surface area contributed by atoms with Crippen molar-refractivity contribution in [1.82, 2.24) is 19.4 Å². The number of alkyl halides is 3. The second-order valence-electron chi connectivity index (χ2n) is 9.62. The maximum atomic E-state index is 13.1. The molecule has 3 aromatic rings. The first-order chi connectivity index (χ1) is 17.7. The van der Waals surface area contributed by atoms with E-state index >= 15 is 0 Å². The summed E-state index contributed by atoms with van der Waals surface area (Å²) in [5.41, 5.74) is 6.02. The number of nitrogens with two attached hydrogens (primary N) is 1. The zero-order valence-electron chi connectivity index (χ0n) is 20.1. The number of hydrogen-bond donors (Lipinski definition) is 2. The number of β-amino-alcohol motifs (C(OH)–C–C–N with tert-alkyl or cyclic N) is 1. The Hall–Kier alpha value is -3.22. The second-order valence-corrected chi connectivity index (χ2v) is 9.62. The number of morpholine rings is 1. The summed E-state index contributed by atoms with van der Waals surface area (Å²) in [6, 6.07) is 6.80. The van der Waals surface area contributed by atoms with E-state index in [-0.39, 0.29) is 18.5 Å². The highest BCUT2D eigenvalue weighted by Crippen LogP contribution is 2.35. The molecule has 1 amide bonds. The third-order valence-corrected chi connectivity index (χ3v) is 7.17. The summed E-state index contributed by atoms with van der Waals surface area (Å²) in [7, 11) is 0. The maximum Gasteiger partial charge on any atom is 0.416 e. The van der Waals surface area contributed by atoms with Crippen LogP contribution in [0.1, 0.15) is 23.6 Å². The van der Waals surface area contributed by atoms with Crippen LogP contribution in [0.15, 0.2) is 42.9 Å². The quantitative estimate of drug-likeness (QED) is 0.515. The molecule has 0 aliphatic carbocycles. The summed E-state index contributed by atoms with van der Waals surface area (Å²) < 4.78 is 46.8. The smallest absolute Gasteiger partial charge is 0.391 e. The largest absolute Gasteiger partial charge is 0.416 e. The van der Waals surface area contributed by atoms with E-state index in [1.807, 2.05) is 21.7 Å². The van der Waals surface area contributed by atoms with Crippen LogP contribution in [-0.4, -0.2) is 75.9 Å². The van der Waals surface area contributed by atoms with Crippen molar-refractivity contribution < 1.29 is 27.8 Å². The molecular formula is C25H29F3N6O3. The summed E-state index contributed by atoms with van der Waals surface area (Å²) in [6.45, 7) is 3.07. The third-order valence-electron chi connectivity index (χ3n) is 7.17. The molecule has 0 saturated carbocycles. The van der Waals surface area contributed by atoms with Crippen LogP contribution in [0.2, 0.25) is 0 Å². The molecule has 4 heterocycles. The Balaban J connectivity index is 1.37. The summed E-state index contributed by atoms with van der Waals surface area (Å²) in [4.78, 5) is 24.2. The number of aromatic nitrogens is 3. The van der Waals surface area contributed by atoms with Crippen molar-refractivity contribution in [3.8, 4) is 0 Å². The number of aliphatic hydroxyl groups is 1. The van der Waals surface area contributed by atoms with Crippen molar-refractivity contribution in [2.24, 2.45) is 11.7 Å². The van der Waals surface area contributed by atoms with Crippen LogP contribution in [0.4, 0.5) is 19.0 Å². The van der Waals surface area contributed by atoms with Gasteiger partial charge in [0.25, 0.3) is 0 Å². The van der Waals surface area contributed by atoms with Gasteiger partial charge in [0, 0.05) is 31.7 Å². The first-order valence-electron chi connectivity index (χ1n) is 12.2. The highest BCUT2D eigenvalue weighted by molar-refractivity contribution is 5.88. The van der Waals surface area contributed by atoms with Crippen LogP contribution < -0.4 is 10.6 Å². The van der Waals surface area contributed by atoms with Crippen LogP contribution in [0, 0.1) is 5.92 Å². The molecule has 1 aromatic carbocycles. The first-order valence-corrected chi connectivity index (χ1v) is 12.2. The molecule has 12 heteroatoms. The first kappa shape index (κ1) is 25.4. The number of ether oxygens (including phenoxy) is 1. The lowest BCUT2D eigenvalue weighted by molar-refractivity contribution is -0.137. The van der Waals surface area contributed by atoms with Gasteiger partial charge in [-0.25, -0.2) is 9.97 Å². The summed E-state index contributed by atoms with van der Waals surface area (Å²) in [5, 5.41) is 11.5. The van der Waals surface area contributed by atoms with Gasteiger partial charge < -0.3 is 25.0 Å². The Labute approximate surface area is 211 Å². The molecule has 2 saturated heterocycles. The van der Waals surface area contributed by atoms with Gasteiger partial charge in [0.15, 0.2) is 0 Å². The Kier molecular flexibility index (Phi) is 7.06. The highest BCUT2D eigenvalue weighted by atomic mass is 19.4. The van der Waals surface area contributed by atoms with Crippen molar-refractivity contribution in [1.29, 1.82) is 0 Å². The monoisotopic (exact) mass is 518 g/mol. The van der Waals surface area contributed by atoms with Crippen molar-refractivity contribution in [3.05, 3.63) is 54.0 Å². The summed E-state index contributed by atoms with van der Waals surface area (Å²) >= 11 is 0. The summed E-state index contributed by atoms with van der Waals surface area (Å²) in [5.74, 6) is 0.263. The molecule has 0 spiro atoms. The highest BCUT2D eigenvalue weighted by Gasteiger charge is 2.33. The molecule has 3 N–H and O–H groups in total. The molecule has 2 aromatic heterocycles. The van der Waals surface area contributed by atoms with Gasteiger partial charge in [-0.15, -0.1) is 0 Å². The molecule has 0 bridgehead atoms. The molecule has 2 aliphatic rings. The van der Waals surface area contributed by atoms with E-state index in [2.05, 4.69) is 14.9 Å². The predicted molar refractivity (Wildman–Crippen MR) is 130 cm³/mol. The average molecular weight is 519 g/mol. The molecule has 5 rings (SSSR count). The molecule has 2 fully saturated rings. The Morgan fingerprint density at radius 2 is 1.95 bits per heavy atom. The van der Waals surface area contributed by atoms with Gasteiger partial charge in [-0.1, -0.05) is 12.1 Å². The van der Waals surface area contributed by atoms with E-state index in [1.54, 1.807) is 0 Å². The number of nitrogens with zero attached hydrogens (tertiary/aromatic N) is 5. The van der Waals surface area contributed by atoms with Crippen molar-refractivity contribution >= 4 is 22.8 Å². The van der Waals surface area contributed by atoms with Crippen LogP contribution in [0.5, 0.6) is 0 Å². The van der Waals surface area contributed by atoms with Gasteiger partial charge in [-0.3, -0.25) is 9.69 Å². The van der Waals surface area contributed by atoms with E-state index in [4.69, 9.17) is 10.5 Å². The number of hydrogen-bond acceptors (Lipinski definition) is 7. The zero-order chi connectivity index (χ0) is 26.2. The van der Waals surface area contributed by atoms with Gasteiger partial charge >= 0.3 is 6.18 Å². The fourth-order valence-electron chi connectivity index (χ4n) is 5.27. The van der Waals surface area contributed by atoms with E-state index in [9.17, 15) is 23.1 Å². The van der Waals surface area contributed by atoms with Crippen LogP contribution >= 0.6 is 0 Å². The number of likely N-dealkylation sites (tertiary alicyclic amines) is 1. The minimum absolute atomic E-state index is 0.0126. The number of benzene rings is 1. The zero-order valence-corrected chi connectivity index (χ0v) is 20.1. The van der Waals surface area contributed by atoms with Gasteiger partial charge in [0.1, 0.15) is 17.8 Å². The van der Waals surface area contributed by atoms with E-state index in [0.717, 1.165) is 23.2 Å². The van der Waals surface area contributed by atoms with Gasteiger partial charge in [0.05, 0.1) is 42.9 Å². The van der Waals surface area contributed by atoms with Crippen molar-refractivity contribution in [3.63, 3.8) is 0 Å². The SMILES string of the molecule is NC(=O)CN1CCC(Cn2ccc3c(N4CCOCC4c4ccc(C(F)(F)F)cc4)ncnc32)C(O)C1. The molecule has 3 unspecified atom stereocenters. The van der Waals surface area contributed by atoms with Crippen LogP contribution in [0.25, 0.3) is 11.0 Å². The van der Waals surface area contributed by atoms with Gasteiger partial charge in [-0.2, -0.15) is 13.2 Å². The number of carbonyl (C=O) groups is 1. The average Bonchev–Trinajstić information content (AvgIpc) is 3.28. The molecule has 198 valence electrons. The number of rotatable bonds is 6. The lowest BCUT2D eigenvalue weighted by Crippen LogP contribution is -2.47. The number of fused-ring (bicyclic) bond motifs is 1. The number of amides is 1. The van der Waals surface area contributed by atoms with E-state index < -0.39 is 23.8 Å². The molecular weight excluding hydrogens is 489 g/mol. The topological polar surface area (TPSA) is 110 Å². The Bertz CT molecular complexity index is 1250. The lowest BCUT2D eigenvalue weighted by atomic mass is 9.93. The molecule has 3 atom stereocenters. The van der Waals surface area contributed by atoms with E-state index in [1.165, 1.54) is 18.5 Å². The fourth-order valence-corrected chi connectivity index (χ4v) is 5.27.